The maximum absolute atomic E-state index is 6.19. The summed E-state index contributed by atoms with van der Waals surface area (Å²) in [7, 11) is 0. The van der Waals surface area contributed by atoms with Crippen LogP contribution in [0.15, 0.2) is 36.4 Å². The number of hydrogen-bond acceptors (Lipinski definition) is 4. The first-order chi connectivity index (χ1) is 19.2. The largest absolute Gasteiger partial charge is 0.494 e. The van der Waals surface area contributed by atoms with Gasteiger partial charge in [-0.2, -0.15) is 0 Å². The maximum atomic E-state index is 6.19. The molecule has 0 aliphatic heterocycles. The summed E-state index contributed by atoms with van der Waals surface area (Å²) in [5.41, 5.74) is 5.43. The number of benzene rings is 2. The molecule has 0 radical (unpaired) electrons. The second-order valence-corrected chi connectivity index (χ2v) is 11.3. The molecule has 3 rings (SSSR count). The van der Waals surface area contributed by atoms with Gasteiger partial charge in [-0.05, 0) is 118 Å². The fourth-order valence-electron chi connectivity index (χ4n) is 5.50. The highest BCUT2D eigenvalue weighted by molar-refractivity contribution is 5.85. The zero-order valence-electron chi connectivity index (χ0n) is 26.4. The Labute approximate surface area is 264 Å². The van der Waals surface area contributed by atoms with Crippen molar-refractivity contribution in [3.05, 3.63) is 47.5 Å². The van der Waals surface area contributed by atoms with Gasteiger partial charge in [-0.1, -0.05) is 65.5 Å². The van der Waals surface area contributed by atoms with Gasteiger partial charge in [-0.25, -0.2) is 0 Å². The molecule has 0 bridgehead atoms. The first-order valence-corrected chi connectivity index (χ1v) is 16.1. The van der Waals surface area contributed by atoms with E-state index in [0.717, 1.165) is 57.1 Å². The lowest BCUT2D eigenvalue weighted by Gasteiger charge is -2.22. The van der Waals surface area contributed by atoms with Crippen LogP contribution in [0, 0.1) is 0 Å². The smallest absolute Gasteiger partial charge is 0.119 e. The van der Waals surface area contributed by atoms with Gasteiger partial charge in [-0.3, -0.25) is 0 Å². The van der Waals surface area contributed by atoms with Crippen LogP contribution in [0.25, 0.3) is 11.1 Å². The fourth-order valence-corrected chi connectivity index (χ4v) is 5.50. The van der Waals surface area contributed by atoms with E-state index in [9.17, 15) is 0 Å². The van der Waals surface area contributed by atoms with E-state index in [1.165, 1.54) is 99.8 Å². The van der Waals surface area contributed by atoms with E-state index in [2.05, 4.69) is 73.9 Å². The Hall–Kier alpha value is -1.46. The van der Waals surface area contributed by atoms with Gasteiger partial charge in [0.25, 0.3) is 0 Å². The van der Waals surface area contributed by atoms with Crippen LogP contribution in [-0.2, 0) is 6.42 Å². The average Bonchev–Trinajstić information content (AvgIpc) is 3.32. The van der Waals surface area contributed by atoms with Gasteiger partial charge in [0.15, 0.2) is 0 Å². The molecule has 0 aromatic heterocycles. The lowest BCUT2D eigenvalue weighted by Crippen LogP contribution is -2.28. The number of ether oxygens (including phenoxy) is 2. The summed E-state index contributed by atoms with van der Waals surface area (Å²) in [4.78, 5) is 5.23. The van der Waals surface area contributed by atoms with Gasteiger partial charge in [0, 0.05) is 13.1 Å². The van der Waals surface area contributed by atoms with E-state index in [0.29, 0.717) is 0 Å². The zero-order valence-corrected chi connectivity index (χ0v) is 28.1. The van der Waals surface area contributed by atoms with Crippen molar-refractivity contribution in [3.8, 4) is 22.6 Å². The van der Waals surface area contributed by atoms with Crippen molar-refractivity contribution in [3.63, 3.8) is 0 Å². The van der Waals surface area contributed by atoms with E-state index >= 15 is 0 Å². The molecule has 0 fully saturated rings. The summed E-state index contributed by atoms with van der Waals surface area (Å²) in [6.45, 7) is 17.8. The van der Waals surface area contributed by atoms with Crippen molar-refractivity contribution in [2.24, 2.45) is 0 Å². The van der Waals surface area contributed by atoms with Crippen LogP contribution in [0.5, 0.6) is 11.5 Å². The van der Waals surface area contributed by atoms with Crippen LogP contribution in [-0.4, -0.2) is 62.3 Å². The van der Waals surface area contributed by atoms with Gasteiger partial charge >= 0.3 is 0 Å². The van der Waals surface area contributed by atoms with Gasteiger partial charge in [0.2, 0.25) is 0 Å². The molecule has 0 amide bonds. The normalized spacial score (nSPS) is 11.7. The molecule has 0 N–H and O–H groups in total. The van der Waals surface area contributed by atoms with E-state index in [4.69, 9.17) is 9.47 Å². The summed E-state index contributed by atoms with van der Waals surface area (Å²) in [6.07, 6.45) is 13.4. The van der Waals surface area contributed by atoms with Crippen molar-refractivity contribution in [1.29, 1.82) is 0 Å². The van der Waals surface area contributed by atoms with Crippen LogP contribution in [0.4, 0.5) is 0 Å². The van der Waals surface area contributed by atoms with E-state index < -0.39 is 0 Å². The highest BCUT2D eigenvalue weighted by atomic mass is 35.5. The molecule has 6 heteroatoms. The van der Waals surface area contributed by atoms with E-state index in [1.54, 1.807) is 0 Å². The molecular formula is C35H58Cl2N2O2. The highest BCUT2D eigenvalue weighted by Crippen LogP contribution is 2.39. The lowest BCUT2D eigenvalue weighted by molar-refractivity contribution is 0.229. The molecule has 0 heterocycles. The predicted molar refractivity (Wildman–Crippen MR) is 182 cm³/mol. The maximum Gasteiger partial charge on any atom is 0.119 e. The lowest BCUT2D eigenvalue weighted by atomic mass is 10.1. The number of nitrogens with zero attached hydrogens (tertiary/aromatic N) is 2. The zero-order chi connectivity index (χ0) is 27.7. The average molecular weight is 610 g/mol. The third-order valence-corrected chi connectivity index (χ3v) is 7.91. The standard InChI is InChI=1S/C35H56N2O2.2ClH/c1-5-9-19-36(20-10-6-2)23-13-25-38-32-15-17-34-30(28-32)27-31-29-33(16-18-35(31)34)39-26-14-24-37(21-11-7-3)22-12-8-4;;/h15-18,28-29H,5-14,19-27H2,1-4H3;2*1H. The number of rotatable bonds is 22. The highest BCUT2D eigenvalue weighted by Gasteiger charge is 2.19. The quantitative estimate of drug-likeness (QED) is 0.106. The molecule has 4 nitrogen and oxygen atoms in total. The van der Waals surface area contributed by atoms with Gasteiger partial charge in [0.05, 0.1) is 13.2 Å². The summed E-state index contributed by atoms with van der Waals surface area (Å²) in [6, 6.07) is 13.3. The van der Waals surface area contributed by atoms with Crippen LogP contribution >= 0.6 is 24.8 Å². The van der Waals surface area contributed by atoms with Crippen LogP contribution in [0.1, 0.15) is 103 Å². The molecule has 2 aromatic carbocycles. The Morgan fingerprint density at radius 2 is 0.854 bits per heavy atom. The Balaban J connectivity index is 0.00000420. The van der Waals surface area contributed by atoms with Gasteiger partial charge < -0.3 is 19.3 Å². The Bertz CT molecular complexity index is 864. The Morgan fingerprint density at radius 3 is 1.20 bits per heavy atom. The van der Waals surface area contributed by atoms with Crippen molar-refractivity contribution in [2.75, 3.05) is 52.5 Å². The SMILES string of the molecule is CCCCN(CCCC)CCCOc1ccc2c(c1)Cc1cc(OCCCN(CCCC)CCCC)ccc1-2.Cl.Cl. The third-order valence-electron chi connectivity index (χ3n) is 7.91. The molecule has 1 aliphatic carbocycles. The predicted octanol–water partition coefficient (Wildman–Crippen LogP) is 9.44. The topological polar surface area (TPSA) is 24.9 Å². The number of halogens is 2. The molecule has 0 saturated carbocycles. The van der Waals surface area contributed by atoms with Crippen LogP contribution in [0.2, 0.25) is 0 Å². The number of hydrogen-bond donors (Lipinski definition) is 0. The fraction of sp³-hybridized carbons (Fsp3) is 0.657. The summed E-state index contributed by atoms with van der Waals surface area (Å²) >= 11 is 0. The number of fused-ring (bicyclic) bond motifs is 3. The summed E-state index contributed by atoms with van der Waals surface area (Å²) in [5, 5.41) is 0. The minimum atomic E-state index is 0. The minimum Gasteiger partial charge on any atom is -0.494 e. The Kier molecular flexibility index (Phi) is 20.3. The summed E-state index contributed by atoms with van der Waals surface area (Å²) < 4.78 is 12.4. The first kappa shape index (κ1) is 37.6. The first-order valence-electron chi connectivity index (χ1n) is 16.1. The van der Waals surface area contributed by atoms with Crippen molar-refractivity contribution >= 4 is 24.8 Å². The molecule has 0 spiro atoms. The van der Waals surface area contributed by atoms with Crippen LogP contribution in [0.3, 0.4) is 0 Å². The molecule has 0 unspecified atom stereocenters. The van der Waals surface area contributed by atoms with E-state index in [1.807, 2.05) is 0 Å². The monoisotopic (exact) mass is 608 g/mol. The molecule has 0 atom stereocenters. The second kappa shape index (κ2) is 22.1. The van der Waals surface area contributed by atoms with Crippen LogP contribution < -0.4 is 9.47 Å². The molecular weight excluding hydrogens is 551 g/mol. The van der Waals surface area contributed by atoms with Crippen molar-refractivity contribution in [1.82, 2.24) is 9.80 Å². The molecule has 41 heavy (non-hydrogen) atoms. The van der Waals surface area contributed by atoms with E-state index in [-0.39, 0.29) is 24.8 Å². The third kappa shape index (κ3) is 13.2. The van der Waals surface area contributed by atoms with Gasteiger partial charge in [0.1, 0.15) is 11.5 Å². The Morgan fingerprint density at radius 1 is 0.512 bits per heavy atom. The summed E-state index contributed by atoms with van der Waals surface area (Å²) in [5.74, 6) is 2.00. The minimum absolute atomic E-state index is 0. The second-order valence-electron chi connectivity index (χ2n) is 11.3. The number of unbranched alkanes of at least 4 members (excludes halogenated alkanes) is 4. The molecule has 1 aliphatic rings. The van der Waals surface area contributed by atoms with Crippen molar-refractivity contribution < 1.29 is 9.47 Å². The molecule has 2 aromatic rings. The van der Waals surface area contributed by atoms with Gasteiger partial charge in [-0.15, -0.1) is 24.8 Å². The molecule has 234 valence electrons. The molecule has 0 saturated heterocycles. The van der Waals surface area contributed by atoms with Crippen molar-refractivity contribution in [2.45, 2.75) is 98.3 Å².